The molecule has 3 nitrogen and oxygen atoms in total. The van der Waals surface area contributed by atoms with Gasteiger partial charge >= 0.3 is 5.97 Å². The molecule has 0 N–H and O–H groups in total. The van der Waals surface area contributed by atoms with E-state index >= 15 is 0 Å². The summed E-state index contributed by atoms with van der Waals surface area (Å²) >= 11 is 0. The summed E-state index contributed by atoms with van der Waals surface area (Å²) in [6, 6.07) is 7.13. The number of benzene rings is 1. The Morgan fingerprint density at radius 1 is 1.24 bits per heavy atom. The first-order valence-corrected chi connectivity index (χ1v) is 5.50. The normalized spacial score (nSPS) is 9.76. The van der Waals surface area contributed by atoms with Crippen LogP contribution >= 0.6 is 0 Å². The number of ether oxygens (including phenoxy) is 1. The van der Waals surface area contributed by atoms with Crippen molar-refractivity contribution in [2.24, 2.45) is 0 Å². The molecule has 1 aromatic rings. The number of esters is 1. The summed E-state index contributed by atoms with van der Waals surface area (Å²) in [5, 5.41) is 0. The first kappa shape index (κ1) is 13.2. The molecule has 0 bridgehead atoms. The summed E-state index contributed by atoms with van der Waals surface area (Å²) in [6.45, 7) is 7.64. The average Bonchev–Trinajstić information content (AvgIpc) is 2.29. The molecule has 0 radical (unpaired) electrons. The van der Waals surface area contributed by atoms with Gasteiger partial charge in [0, 0.05) is 5.56 Å². The summed E-state index contributed by atoms with van der Waals surface area (Å²) in [5.74, 6) is -0.726. The minimum Gasteiger partial charge on any atom is -0.466 e. The van der Waals surface area contributed by atoms with Crippen molar-refractivity contribution in [2.75, 3.05) is 6.61 Å². The standard InChI is InChI=1S/C14H16O3/c1-4-17-14(16)9-13(15)12-8-6-5-7-11(12)10(2)3/h5-8H,2,4,9H2,1,3H3. The minimum absolute atomic E-state index is 0.224. The Morgan fingerprint density at radius 3 is 2.35 bits per heavy atom. The van der Waals surface area contributed by atoms with Gasteiger partial charge in [-0.15, -0.1) is 0 Å². The predicted octanol–water partition coefficient (Wildman–Crippen LogP) is 2.86. The molecule has 90 valence electrons. The van der Waals surface area contributed by atoms with Crippen molar-refractivity contribution in [2.45, 2.75) is 20.3 Å². The highest BCUT2D eigenvalue weighted by atomic mass is 16.5. The van der Waals surface area contributed by atoms with Crippen LogP contribution in [-0.4, -0.2) is 18.4 Å². The maximum absolute atomic E-state index is 11.9. The fourth-order valence-electron chi connectivity index (χ4n) is 1.54. The summed E-state index contributed by atoms with van der Waals surface area (Å²) < 4.78 is 4.75. The van der Waals surface area contributed by atoms with Crippen LogP contribution in [0.15, 0.2) is 30.8 Å². The fraction of sp³-hybridized carbons (Fsp3) is 0.286. The van der Waals surface area contributed by atoms with Gasteiger partial charge in [-0.3, -0.25) is 9.59 Å². The number of Topliss-reactive ketones (excluding diaryl/α,β-unsaturated/α-hetero) is 1. The first-order valence-electron chi connectivity index (χ1n) is 5.50. The summed E-state index contributed by atoms with van der Waals surface area (Å²) in [4.78, 5) is 23.2. The van der Waals surface area contributed by atoms with Crippen molar-refractivity contribution in [3.05, 3.63) is 42.0 Å². The Balaban J connectivity index is 2.89. The summed E-state index contributed by atoms with van der Waals surface area (Å²) in [5.41, 5.74) is 2.10. The highest BCUT2D eigenvalue weighted by molar-refractivity contribution is 6.08. The van der Waals surface area contributed by atoms with Crippen molar-refractivity contribution in [1.82, 2.24) is 0 Å². The Bertz CT molecular complexity index is 447. The molecule has 0 fully saturated rings. The monoisotopic (exact) mass is 232 g/mol. The van der Waals surface area contributed by atoms with Crippen LogP contribution in [0.3, 0.4) is 0 Å². The van der Waals surface area contributed by atoms with E-state index in [1.807, 2.05) is 19.1 Å². The molecule has 1 aromatic carbocycles. The van der Waals surface area contributed by atoms with E-state index in [1.165, 1.54) is 0 Å². The zero-order valence-corrected chi connectivity index (χ0v) is 10.2. The first-order chi connectivity index (χ1) is 8.06. The third kappa shape index (κ3) is 3.55. The van der Waals surface area contributed by atoms with Crippen molar-refractivity contribution in [3.63, 3.8) is 0 Å². The molecule has 0 atom stereocenters. The van der Waals surface area contributed by atoms with Gasteiger partial charge in [-0.2, -0.15) is 0 Å². The lowest BCUT2D eigenvalue weighted by atomic mass is 9.97. The van der Waals surface area contributed by atoms with Crippen molar-refractivity contribution in [1.29, 1.82) is 0 Å². The molecule has 0 aliphatic rings. The SMILES string of the molecule is C=C(C)c1ccccc1C(=O)CC(=O)OCC. The number of allylic oxidation sites excluding steroid dienone is 1. The molecular formula is C14H16O3. The topological polar surface area (TPSA) is 43.4 Å². The second-order valence-electron chi connectivity index (χ2n) is 3.73. The van der Waals surface area contributed by atoms with Crippen LogP contribution in [0.25, 0.3) is 5.57 Å². The fourth-order valence-corrected chi connectivity index (χ4v) is 1.54. The van der Waals surface area contributed by atoms with E-state index in [0.29, 0.717) is 5.56 Å². The maximum Gasteiger partial charge on any atom is 0.313 e. The van der Waals surface area contributed by atoms with E-state index < -0.39 is 5.97 Å². The smallest absolute Gasteiger partial charge is 0.313 e. The van der Waals surface area contributed by atoms with E-state index in [2.05, 4.69) is 6.58 Å². The highest BCUT2D eigenvalue weighted by Crippen LogP contribution is 2.18. The zero-order chi connectivity index (χ0) is 12.8. The maximum atomic E-state index is 11.9. The average molecular weight is 232 g/mol. The quantitative estimate of drug-likeness (QED) is 0.445. The molecule has 0 aliphatic carbocycles. The van der Waals surface area contributed by atoms with Crippen LogP contribution in [0.4, 0.5) is 0 Å². The molecule has 0 aliphatic heterocycles. The highest BCUT2D eigenvalue weighted by Gasteiger charge is 2.15. The number of ketones is 1. The van der Waals surface area contributed by atoms with Gasteiger partial charge in [-0.25, -0.2) is 0 Å². The molecule has 0 aromatic heterocycles. The molecule has 17 heavy (non-hydrogen) atoms. The second-order valence-corrected chi connectivity index (χ2v) is 3.73. The van der Waals surface area contributed by atoms with E-state index in [4.69, 9.17) is 4.74 Å². The van der Waals surface area contributed by atoms with Crippen LogP contribution in [0.1, 0.15) is 36.2 Å². The van der Waals surface area contributed by atoms with Gasteiger partial charge in [0.25, 0.3) is 0 Å². The Hall–Kier alpha value is -1.90. The molecule has 1 rings (SSSR count). The number of carbonyl (C=O) groups excluding carboxylic acids is 2. The number of hydrogen-bond donors (Lipinski definition) is 0. The molecule has 0 spiro atoms. The molecule has 0 amide bonds. The van der Waals surface area contributed by atoms with Crippen molar-refractivity contribution in [3.8, 4) is 0 Å². The molecule has 0 saturated carbocycles. The van der Waals surface area contributed by atoms with Crippen molar-refractivity contribution >= 4 is 17.3 Å². The Kier molecular flexibility index (Phi) is 4.64. The van der Waals surface area contributed by atoms with E-state index in [1.54, 1.807) is 19.1 Å². The minimum atomic E-state index is -0.492. The molecular weight excluding hydrogens is 216 g/mol. The summed E-state index contributed by atoms with van der Waals surface area (Å²) in [7, 11) is 0. The summed E-state index contributed by atoms with van der Waals surface area (Å²) in [6.07, 6.45) is -0.224. The van der Waals surface area contributed by atoms with Crippen LogP contribution in [0, 0.1) is 0 Å². The third-order valence-corrected chi connectivity index (χ3v) is 2.30. The van der Waals surface area contributed by atoms with Gasteiger partial charge in [-0.1, -0.05) is 36.4 Å². The lowest BCUT2D eigenvalue weighted by Crippen LogP contribution is -2.12. The third-order valence-electron chi connectivity index (χ3n) is 2.30. The molecule has 3 heteroatoms. The van der Waals surface area contributed by atoms with Gasteiger partial charge in [0.15, 0.2) is 5.78 Å². The Morgan fingerprint density at radius 2 is 1.82 bits per heavy atom. The van der Waals surface area contributed by atoms with Gasteiger partial charge in [0.1, 0.15) is 6.42 Å². The van der Waals surface area contributed by atoms with E-state index in [9.17, 15) is 9.59 Å². The van der Waals surface area contributed by atoms with Gasteiger partial charge in [0.2, 0.25) is 0 Å². The predicted molar refractivity (Wildman–Crippen MR) is 66.7 cm³/mol. The second kappa shape index (κ2) is 5.99. The van der Waals surface area contributed by atoms with Crippen LogP contribution < -0.4 is 0 Å². The largest absolute Gasteiger partial charge is 0.466 e. The van der Waals surface area contributed by atoms with E-state index in [0.717, 1.165) is 11.1 Å². The molecule has 0 unspecified atom stereocenters. The Labute approximate surface area is 101 Å². The van der Waals surface area contributed by atoms with Crippen molar-refractivity contribution < 1.29 is 14.3 Å². The van der Waals surface area contributed by atoms with Crippen LogP contribution in [-0.2, 0) is 9.53 Å². The number of carbonyl (C=O) groups is 2. The van der Waals surface area contributed by atoms with Gasteiger partial charge in [0.05, 0.1) is 6.61 Å². The number of hydrogen-bond acceptors (Lipinski definition) is 3. The zero-order valence-electron chi connectivity index (χ0n) is 10.2. The van der Waals surface area contributed by atoms with E-state index in [-0.39, 0.29) is 18.8 Å². The van der Waals surface area contributed by atoms with Crippen LogP contribution in [0.2, 0.25) is 0 Å². The lowest BCUT2D eigenvalue weighted by Gasteiger charge is -2.07. The molecule has 0 saturated heterocycles. The lowest BCUT2D eigenvalue weighted by molar-refractivity contribution is -0.141. The van der Waals surface area contributed by atoms with Gasteiger partial charge < -0.3 is 4.74 Å². The number of rotatable bonds is 5. The van der Waals surface area contributed by atoms with Gasteiger partial charge in [-0.05, 0) is 19.4 Å². The molecule has 0 heterocycles. The van der Waals surface area contributed by atoms with Crippen LogP contribution in [0.5, 0.6) is 0 Å².